The summed E-state index contributed by atoms with van der Waals surface area (Å²) in [5.74, 6) is 0.385. The zero-order chi connectivity index (χ0) is 24.7. The minimum absolute atomic E-state index is 0.0349. The van der Waals surface area contributed by atoms with Gasteiger partial charge < -0.3 is 30.0 Å². The van der Waals surface area contributed by atoms with Crippen molar-refractivity contribution in [2.24, 2.45) is 0 Å². The highest BCUT2D eigenvalue weighted by Gasteiger charge is 2.15. The van der Waals surface area contributed by atoms with Gasteiger partial charge in [-0.15, -0.1) is 0 Å². The van der Waals surface area contributed by atoms with E-state index in [4.69, 9.17) is 19.3 Å². The Hall–Kier alpha value is -3.84. The first kappa shape index (κ1) is 24.8. The number of rotatable bonds is 11. The van der Waals surface area contributed by atoms with Crippen molar-refractivity contribution in [3.63, 3.8) is 0 Å². The average Bonchev–Trinajstić information content (AvgIpc) is 2.80. The molecule has 0 amide bonds. The fourth-order valence-corrected chi connectivity index (χ4v) is 3.41. The highest BCUT2D eigenvalue weighted by atomic mass is 32.2. The maximum Gasteiger partial charge on any atom is 0.229 e. The average molecular weight is 494 g/mol. The first-order valence-electron chi connectivity index (χ1n) is 9.86. The molecule has 0 saturated heterocycles. The molecular weight excluding hydrogens is 469 g/mol. The Bertz CT molecular complexity index is 1260. The normalized spacial score (nSPS) is 11.0. The van der Waals surface area contributed by atoms with Crippen LogP contribution in [0.3, 0.4) is 0 Å². The van der Waals surface area contributed by atoms with Crippen LogP contribution in [0.15, 0.2) is 42.6 Å². The third-order valence-corrected chi connectivity index (χ3v) is 4.89. The van der Waals surface area contributed by atoms with Crippen LogP contribution in [0, 0.1) is 5.82 Å². The summed E-state index contributed by atoms with van der Waals surface area (Å²) < 4.78 is 56.2. The van der Waals surface area contributed by atoms with Gasteiger partial charge in [0.2, 0.25) is 16.0 Å². The monoisotopic (exact) mass is 493 g/mol. The number of anilines is 5. The van der Waals surface area contributed by atoms with Gasteiger partial charge in [0.25, 0.3) is 0 Å². The van der Waals surface area contributed by atoms with Gasteiger partial charge in [0, 0.05) is 12.1 Å². The van der Waals surface area contributed by atoms with Crippen LogP contribution in [0.1, 0.15) is 0 Å². The standard InChI is InChI=1S/C21H24FN5O6S/c1-31-13-4-6-16(17(10-13)27-34(3,29)30)24-20-15(22)12-23-21(26-20)25-18-11-14(33-9-8-28)5-7-19(18)32-2/h4-7,10-12,27-28H,8-9H2,1-3H3,(H2,23,24,25,26). The molecule has 0 fully saturated rings. The predicted octanol–water partition coefficient (Wildman–Crippen LogP) is 2.86. The molecule has 3 aromatic rings. The molecule has 182 valence electrons. The van der Waals surface area contributed by atoms with Crippen molar-refractivity contribution in [2.45, 2.75) is 0 Å². The summed E-state index contributed by atoms with van der Waals surface area (Å²) in [5.41, 5.74) is 0.830. The molecule has 11 nitrogen and oxygen atoms in total. The van der Waals surface area contributed by atoms with E-state index in [-0.39, 0.29) is 36.4 Å². The summed E-state index contributed by atoms with van der Waals surface area (Å²) in [5, 5.41) is 14.7. The fourth-order valence-electron chi connectivity index (χ4n) is 2.84. The zero-order valence-electron chi connectivity index (χ0n) is 18.6. The van der Waals surface area contributed by atoms with Crippen LogP contribution in [0.5, 0.6) is 17.2 Å². The Morgan fingerprint density at radius 3 is 2.41 bits per heavy atom. The molecule has 3 rings (SSSR count). The summed E-state index contributed by atoms with van der Waals surface area (Å²) in [4.78, 5) is 8.10. The van der Waals surface area contributed by atoms with Crippen molar-refractivity contribution in [2.75, 3.05) is 49.0 Å². The lowest BCUT2D eigenvalue weighted by Gasteiger charge is -2.15. The molecule has 0 aliphatic rings. The molecule has 0 spiro atoms. The van der Waals surface area contributed by atoms with E-state index >= 15 is 0 Å². The van der Waals surface area contributed by atoms with E-state index < -0.39 is 15.8 Å². The lowest BCUT2D eigenvalue weighted by Crippen LogP contribution is -2.12. The van der Waals surface area contributed by atoms with Crippen LogP contribution >= 0.6 is 0 Å². The highest BCUT2D eigenvalue weighted by molar-refractivity contribution is 7.92. The number of nitrogens with zero attached hydrogens (tertiary/aromatic N) is 2. The van der Waals surface area contributed by atoms with Crippen LogP contribution < -0.4 is 29.6 Å². The van der Waals surface area contributed by atoms with Crippen molar-refractivity contribution in [1.82, 2.24) is 9.97 Å². The van der Waals surface area contributed by atoms with Crippen LogP contribution in [-0.4, -0.2) is 57.2 Å². The number of aromatic nitrogens is 2. The van der Waals surface area contributed by atoms with E-state index in [0.717, 1.165) is 12.5 Å². The number of aliphatic hydroxyl groups is 1. The number of nitrogens with one attached hydrogen (secondary N) is 3. The molecule has 0 aliphatic carbocycles. The van der Waals surface area contributed by atoms with E-state index in [2.05, 4.69) is 25.3 Å². The van der Waals surface area contributed by atoms with Gasteiger partial charge in [-0.1, -0.05) is 0 Å². The molecule has 0 unspecified atom stereocenters. The Morgan fingerprint density at radius 1 is 1.00 bits per heavy atom. The summed E-state index contributed by atoms with van der Waals surface area (Å²) in [6.07, 6.45) is 1.96. The smallest absolute Gasteiger partial charge is 0.229 e. The van der Waals surface area contributed by atoms with E-state index in [1.807, 2.05) is 0 Å². The van der Waals surface area contributed by atoms with E-state index in [9.17, 15) is 12.8 Å². The van der Waals surface area contributed by atoms with Crippen molar-refractivity contribution in [1.29, 1.82) is 0 Å². The van der Waals surface area contributed by atoms with Gasteiger partial charge in [0.15, 0.2) is 11.6 Å². The highest BCUT2D eigenvalue weighted by Crippen LogP contribution is 2.33. The van der Waals surface area contributed by atoms with Crippen molar-refractivity contribution < 1.29 is 32.1 Å². The summed E-state index contributed by atoms with van der Waals surface area (Å²) >= 11 is 0. The second-order valence-corrected chi connectivity index (χ2v) is 8.61. The predicted molar refractivity (Wildman–Crippen MR) is 126 cm³/mol. The van der Waals surface area contributed by atoms with Crippen molar-refractivity contribution in [3.05, 3.63) is 48.4 Å². The Balaban J connectivity index is 1.91. The van der Waals surface area contributed by atoms with Crippen LogP contribution in [-0.2, 0) is 10.0 Å². The van der Waals surface area contributed by atoms with Gasteiger partial charge >= 0.3 is 0 Å². The van der Waals surface area contributed by atoms with Crippen LogP contribution in [0.2, 0.25) is 0 Å². The molecule has 0 aliphatic heterocycles. The van der Waals surface area contributed by atoms with Gasteiger partial charge in [0.1, 0.15) is 23.9 Å². The first-order valence-corrected chi connectivity index (χ1v) is 11.8. The number of benzene rings is 2. The van der Waals surface area contributed by atoms with E-state index in [1.54, 1.807) is 24.3 Å². The molecule has 34 heavy (non-hydrogen) atoms. The van der Waals surface area contributed by atoms with Crippen LogP contribution in [0.4, 0.5) is 33.2 Å². The third kappa shape index (κ3) is 6.59. The number of halogens is 1. The Kier molecular flexibility index (Phi) is 7.91. The lowest BCUT2D eigenvalue weighted by atomic mass is 10.2. The zero-order valence-corrected chi connectivity index (χ0v) is 19.4. The minimum Gasteiger partial charge on any atom is -0.497 e. The Morgan fingerprint density at radius 2 is 1.74 bits per heavy atom. The largest absolute Gasteiger partial charge is 0.497 e. The number of hydrogen-bond acceptors (Lipinski definition) is 10. The molecule has 1 aromatic heterocycles. The molecular formula is C21H24FN5O6S. The molecule has 0 radical (unpaired) electrons. The minimum atomic E-state index is -3.62. The van der Waals surface area contributed by atoms with Crippen LogP contribution in [0.25, 0.3) is 0 Å². The summed E-state index contributed by atoms with van der Waals surface area (Å²) in [7, 11) is -0.704. The van der Waals surface area contributed by atoms with Gasteiger partial charge in [-0.2, -0.15) is 4.98 Å². The molecule has 0 saturated carbocycles. The maximum atomic E-state index is 14.5. The molecule has 2 aromatic carbocycles. The van der Waals surface area contributed by atoms with Gasteiger partial charge in [-0.3, -0.25) is 4.72 Å². The SMILES string of the molecule is COc1ccc(Nc2nc(Nc3cc(OCCO)ccc3OC)ncc2F)c(NS(C)(=O)=O)c1. The summed E-state index contributed by atoms with van der Waals surface area (Å²) in [6.45, 7) is -0.0367. The van der Waals surface area contributed by atoms with Gasteiger partial charge in [-0.25, -0.2) is 17.8 Å². The third-order valence-electron chi connectivity index (χ3n) is 4.30. The topological polar surface area (TPSA) is 144 Å². The second-order valence-electron chi connectivity index (χ2n) is 6.86. The number of ether oxygens (including phenoxy) is 3. The first-order chi connectivity index (χ1) is 16.2. The maximum absolute atomic E-state index is 14.5. The fraction of sp³-hybridized carbons (Fsp3) is 0.238. The molecule has 13 heteroatoms. The molecule has 1 heterocycles. The second kappa shape index (κ2) is 10.9. The summed E-state index contributed by atoms with van der Waals surface area (Å²) in [6, 6.07) is 9.48. The molecule has 0 atom stereocenters. The van der Waals surface area contributed by atoms with Crippen molar-refractivity contribution in [3.8, 4) is 17.2 Å². The number of aliphatic hydroxyl groups excluding tert-OH is 1. The van der Waals surface area contributed by atoms with E-state index in [0.29, 0.717) is 22.9 Å². The number of methoxy groups -OCH3 is 2. The van der Waals surface area contributed by atoms with Crippen molar-refractivity contribution >= 4 is 38.9 Å². The molecule has 0 bridgehead atoms. The molecule has 4 N–H and O–H groups in total. The van der Waals surface area contributed by atoms with E-state index in [1.165, 1.54) is 26.4 Å². The number of sulfonamides is 1. The number of hydrogen-bond donors (Lipinski definition) is 4. The lowest BCUT2D eigenvalue weighted by molar-refractivity contribution is 0.201. The quantitative estimate of drug-likeness (QED) is 0.315. The Labute approximate surface area is 196 Å². The van der Waals surface area contributed by atoms with Gasteiger partial charge in [0.05, 0.1) is 50.3 Å². The van der Waals surface area contributed by atoms with Gasteiger partial charge in [-0.05, 0) is 24.3 Å².